The van der Waals surface area contributed by atoms with E-state index in [2.05, 4.69) is 15.4 Å². The van der Waals surface area contributed by atoms with Crippen LogP contribution in [-0.4, -0.2) is 20.7 Å². The third kappa shape index (κ3) is 3.08. The molecule has 4 aromatic rings. The van der Waals surface area contributed by atoms with Crippen LogP contribution in [0, 0.1) is 25.5 Å². The molecule has 0 aliphatic rings. The van der Waals surface area contributed by atoms with Crippen molar-refractivity contribution in [3.05, 3.63) is 77.2 Å². The summed E-state index contributed by atoms with van der Waals surface area (Å²) in [5, 5.41) is 7.20. The van der Waals surface area contributed by atoms with Crippen LogP contribution in [0.25, 0.3) is 16.6 Å². The second-order valence-electron chi connectivity index (χ2n) is 6.34. The topological polar surface area (TPSA) is 62.7 Å². The number of rotatable bonds is 3. The highest BCUT2D eigenvalue weighted by atomic mass is 19.1. The lowest BCUT2D eigenvalue weighted by Gasteiger charge is -2.09. The molecule has 0 atom stereocenters. The van der Waals surface area contributed by atoms with Crippen LogP contribution in [0.2, 0.25) is 0 Å². The van der Waals surface area contributed by atoms with Crippen LogP contribution in [-0.2, 0) is 0 Å². The van der Waals surface area contributed by atoms with Gasteiger partial charge in [0.2, 0.25) is 0 Å². The molecule has 0 fully saturated rings. The number of H-pyrrole nitrogens is 1. The Balaban J connectivity index is 1.60. The van der Waals surface area contributed by atoms with E-state index in [0.717, 1.165) is 11.4 Å². The molecular formula is C20H16F2N4O. The molecule has 4 rings (SSSR count). The highest BCUT2D eigenvalue weighted by Gasteiger charge is 2.14. The van der Waals surface area contributed by atoms with Gasteiger partial charge in [-0.3, -0.25) is 4.79 Å². The maximum absolute atomic E-state index is 14.5. The summed E-state index contributed by atoms with van der Waals surface area (Å²) >= 11 is 0. The SMILES string of the molecule is Cc1cc(C)n(-c2ccc(NC(=O)c3cc4c(F)cccc4[nH]3)cc2F)n1. The fourth-order valence-corrected chi connectivity index (χ4v) is 3.07. The number of fused-ring (bicyclic) bond motifs is 1. The van der Waals surface area contributed by atoms with Crippen molar-refractivity contribution in [2.45, 2.75) is 13.8 Å². The summed E-state index contributed by atoms with van der Waals surface area (Å²) in [6.07, 6.45) is 0. The van der Waals surface area contributed by atoms with Crippen LogP contribution < -0.4 is 5.32 Å². The number of nitrogens with one attached hydrogen (secondary N) is 2. The molecule has 2 aromatic heterocycles. The number of carbonyl (C=O) groups is 1. The molecule has 2 aromatic carbocycles. The lowest BCUT2D eigenvalue weighted by Crippen LogP contribution is -2.13. The van der Waals surface area contributed by atoms with Crippen LogP contribution in [0.1, 0.15) is 21.9 Å². The molecule has 5 nitrogen and oxygen atoms in total. The van der Waals surface area contributed by atoms with Crippen molar-refractivity contribution in [2.24, 2.45) is 0 Å². The van der Waals surface area contributed by atoms with Crippen molar-refractivity contribution in [1.82, 2.24) is 14.8 Å². The van der Waals surface area contributed by atoms with Gasteiger partial charge in [0, 0.05) is 22.3 Å². The minimum Gasteiger partial charge on any atom is -0.350 e. The summed E-state index contributed by atoms with van der Waals surface area (Å²) in [6.45, 7) is 3.67. The first-order valence-electron chi connectivity index (χ1n) is 8.34. The van der Waals surface area contributed by atoms with Gasteiger partial charge in [-0.05, 0) is 56.3 Å². The van der Waals surface area contributed by atoms with Gasteiger partial charge in [-0.2, -0.15) is 5.10 Å². The number of aromatic amines is 1. The number of carbonyl (C=O) groups excluding carboxylic acids is 1. The normalized spacial score (nSPS) is 11.1. The van der Waals surface area contributed by atoms with Gasteiger partial charge < -0.3 is 10.3 Å². The predicted octanol–water partition coefficient (Wildman–Crippen LogP) is 4.50. The fourth-order valence-electron chi connectivity index (χ4n) is 3.07. The molecule has 0 saturated carbocycles. The van der Waals surface area contributed by atoms with Crippen LogP contribution in [0.5, 0.6) is 0 Å². The van der Waals surface area contributed by atoms with Gasteiger partial charge in [0.1, 0.15) is 17.2 Å². The Morgan fingerprint density at radius 3 is 2.56 bits per heavy atom. The van der Waals surface area contributed by atoms with Crippen molar-refractivity contribution in [1.29, 1.82) is 0 Å². The van der Waals surface area contributed by atoms with Gasteiger partial charge in [-0.25, -0.2) is 13.5 Å². The molecule has 0 saturated heterocycles. The number of halogens is 2. The fraction of sp³-hybridized carbons (Fsp3) is 0.100. The Labute approximate surface area is 153 Å². The summed E-state index contributed by atoms with van der Waals surface area (Å²) in [7, 11) is 0. The quantitative estimate of drug-likeness (QED) is 0.561. The molecule has 2 N–H and O–H groups in total. The number of anilines is 1. The standard InChI is InChI=1S/C20H16F2N4O/c1-11-8-12(2)26(25-11)19-7-6-13(9-16(19)22)23-20(27)18-10-14-15(21)4-3-5-17(14)24-18/h3-10,24H,1-2H3,(H,23,27). The molecule has 0 aliphatic heterocycles. The predicted molar refractivity (Wildman–Crippen MR) is 99.2 cm³/mol. The van der Waals surface area contributed by atoms with E-state index in [-0.39, 0.29) is 5.69 Å². The Morgan fingerprint density at radius 1 is 1.07 bits per heavy atom. The zero-order valence-electron chi connectivity index (χ0n) is 14.7. The first-order chi connectivity index (χ1) is 12.9. The number of aromatic nitrogens is 3. The van der Waals surface area contributed by atoms with Gasteiger partial charge in [0.25, 0.3) is 5.91 Å². The van der Waals surface area contributed by atoms with Gasteiger partial charge in [-0.15, -0.1) is 0 Å². The van der Waals surface area contributed by atoms with Gasteiger partial charge in [0.05, 0.1) is 5.69 Å². The average molecular weight is 366 g/mol. The number of hydrogen-bond acceptors (Lipinski definition) is 2. The Hall–Kier alpha value is -3.48. The Kier molecular flexibility index (Phi) is 3.99. The summed E-state index contributed by atoms with van der Waals surface area (Å²) in [6, 6.07) is 12.2. The second-order valence-corrected chi connectivity index (χ2v) is 6.34. The van der Waals surface area contributed by atoms with E-state index < -0.39 is 17.5 Å². The lowest BCUT2D eigenvalue weighted by atomic mass is 10.2. The molecule has 0 spiro atoms. The lowest BCUT2D eigenvalue weighted by molar-refractivity contribution is 0.102. The minimum absolute atomic E-state index is 0.193. The molecule has 0 bridgehead atoms. The van der Waals surface area contributed by atoms with Gasteiger partial charge in [-0.1, -0.05) is 6.07 Å². The molecule has 7 heteroatoms. The first-order valence-corrected chi connectivity index (χ1v) is 8.34. The van der Waals surface area contributed by atoms with Crippen molar-refractivity contribution in [3.8, 4) is 5.69 Å². The summed E-state index contributed by atoms with van der Waals surface area (Å²) < 4.78 is 29.8. The average Bonchev–Trinajstić information content (AvgIpc) is 3.19. The zero-order chi connectivity index (χ0) is 19.1. The van der Waals surface area contributed by atoms with E-state index in [1.807, 2.05) is 19.9 Å². The Morgan fingerprint density at radius 2 is 1.89 bits per heavy atom. The number of benzene rings is 2. The van der Waals surface area contributed by atoms with E-state index in [9.17, 15) is 13.6 Å². The summed E-state index contributed by atoms with van der Waals surface area (Å²) in [5.41, 5.74) is 2.90. The van der Waals surface area contributed by atoms with Crippen molar-refractivity contribution in [2.75, 3.05) is 5.32 Å². The van der Waals surface area contributed by atoms with Crippen LogP contribution in [0.3, 0.4) is 0 Å². The zero-order valence-corrected chi connectivity index (χ0v) is 14.7. The highest BCUT2D eigenvalue weighted by Crippen LogP contribution is 2.22. The van der Waals surface area contributed by atoms with E-state index in [0.29, 0.717) is 22.3 Å². The van der Waals surface area contributed by atoms with Crippen molar-refractivity contribution >= 4 is 22.5 Å². The third-order valence-electron chi connectivity index (χ3n) is 4.30. The van der Waals surface area contributed by atoms with E-state index in [1.54, 1.807) is 24.3 Å². The first kappa shape index (κ1) is 17.0. The van der Waals surface area contributed by atoms with Crippen LogP contribution >= 0.6 is 0 Å². The van der Waals surface area contributed by atoms with Gasteiger partial charge in [0.15, 0.2) is 5.82 Å². The molecule has 27 heavy (non-hydrogen) atoms. The van der Waals surface area contributed by atoms with Crippen LogP contribution in [0.4, 0.5) is 14.5 Å². The summed E-state index contributed by atoms with van der Waals surface area (Å²) in [5.74, 6) is -1.41. The number of nitrogens with zero attached hydrogens (tertiary/aromatic N) is 2. The molecule has 0 radical (unpaired) electrons. The van der Waals surface area contributed by atoms with Gasteiger partial charge >= 0.3 is 0 Å². The molecule has 0 aliphatic carbocycles. The maximum atomic E-state index is 14.5. The number of hydrogen-bond donors (Lipinski definition) is 2. The summed E-state index contributed by atoms with van der Waals surface area (Å²) in [4.78, 5) is 15.3. The molecular weight excluding hydrogens is 350 g/mol. The largest absolute Gasteiger partial charge is 0.350 e. The van der Waals surface area contributed by atoms with E-state index in [4.69, 9.17) is 0 Å². The van der Waals surface area contributed by atoms with E-state index >= 15 is 0 Å². The number of aryl methyl sites for hydroxylation is 2. The molecule has 136 valence electrons. The second kappa shape index (κ2) is 6.35. The van der Waals surface area contributed by atoms with Crippen molar-refractivity contribution in [3.63, 3.8) is 0 Å². The Bertz CT molecular complexity index is 1180. The monoisotopic (exact) mass is 366 g/mol. The smallest absolute Gasteiger partial charge is 0.272 e. The number of amides is 1. The maximum Gasteiger partial charge on any atom is 0.272 e. The van der Waals surface area contributed by atoms with E-state index in [1.165, 1.54) is 22.9 Å². The van der Waals surface area contributed by atoms with Crippen molar-refractivity contribution < 1.29 is 13.6 Å². The highest BCUT2D eigenvalue weighted by molar-refractivity contribution is 6.06. The third-order valence-corrected chi connectivity index (χ3v) is 4.30. The van der Waals surface area contributed by atoms with Crippen LogP contribution in [0.15, 0.2) is 48.5 Å². The minimum atomic E-state index is -0.512. The molecule has 1 amide bonds. The molecule has 2 heterocycles. The molecule has 0 unspecified atom stereocenters.